The molecule has 5 heteroatoms. The number of hydrogen-bond donors (Lipinski definition) is 1. The first-order valence-electron chi connectivity index (χ1n) is 9.67. The Hall–Kier alpha value is -2.53. The fourth-order valence-corrected chi connectivity index (χ4v) is 3.40. The molecule has 0 bridgehead atoms. The highest BCUT2D eigenvalue weighted by atomic mass is 16.5. The van der Waals surface area contributed by atoms with Gasteiger partial charge in [-0.1, -0.05) is 30.3 Å². The van der Waals surface area contributed by atoms with Crippen molar-refractivity contribution in [3.05, 3.63) is 60.2 Å². The third kappa shape index (κ3) is 5.73. The van der Waals surface area contributed by atoms with Gasteiger partial charge in [0.1, 0.15) is 11.5 Å². The Morgan fingerprint density at radius 1 is 1.00 bits per heavy atom. The van der Waals surface area contributed by atoms with Crippen LogP contribution in [0.2, 0.25) is 0 Å². The highest BCUT2D eigenvalue weighted by molar-refractivity contribution is 5.77. The van der Waals surface area contributed by atoms with E-state index in [0.29, 0.717) is 18.9 Å². The van der Waals surface area contributed by atoms with Crippen LogP contribution in [0.3, 0.4) is 0 Å². The maximum absolute atomic E-state index is 12.3. The predicted molar refractivity (Wildman–Crippen MR) is 106 cm³/mol. The van der Waals surface area contributed by atoms with Crippen molar-refractivity contribution in [2.24, 2.45) is 0 Å². The molecule has 2 aromatic rings. The second-order valence-electron chi connectivity index (χ2n) is 6.67. The van der Waals surface area contributed by atoms with Crippen LogP contribution in [-0.2, 0) is 4.79 Å². The number of hydrogen-bond acceptors (Lipinski definition) is 4. The lowest BCUT2D eigenvalue weighted by molar-refractivity contribution is -0.123. The van der Waals surface area contributed by atoms with Crippen molar-refractivity contribution < 1.29 is 14.3 Å². The molecule has 0 spiro atoms. The van der Waals surface area contributed by atoms with Gasteiger partial charge in [-0.3, -0.25) is 9.69 Å². The summed E-state index contributed by atoms with van der Waals surface area (Å²) in [6, 6.07) is 17.9. The van der Waals surface area contributed by atoms with Gasteiger partial charge in [-0.05, 0) is 62.7 Å². The third-order valence-corrected chi connectivity index (χ3v) is 4.76. The van der Waals surface area contributed by atoms with Crippen molar-refractivity contribution in [2.45, 2.75) is 25.8 Å². The molecule has 1 amide bonds. The quantitative estimate of drug-likeness (QED) is 0.737. The summed E-state index contributed by atoms with van der Waals surface area (Å²) in [6.07, 6.45) is 2.44. The number of nitrogens with one attached hydrogen (secondary N) is 1. The van der Waals surface area contributed by atoms with Crippen LogP contribution < -0.4 is 14.8 Å². The minimum Gasteiger partial charge on any atom is -0.494 e. The SMILES string of the molecule is CCOc1ccc(OCC(=O)NCC(c2ccccc2)N2CCCC2)cc1. The number of likely N-dealkylation sites (tertiary alicyclic amines) is 1. The second kappa shape index (κ2) is 9.97. The van der Waals surface area contributed by atoms with Gasteiger partial charge in [-0.25, -0.2) is 0 Å². The lowest BCUT2D eigenvalue weighted by atomic mass is 10.1. The van der Waals surface area contributed by atoms with Crippen molar-refractivity contribution in [2.75, 3.05) is 32.8 Å². The molecule has 0 saturated carbocycles. The Balaban J connectivity index is 1.50. The van der Waals surface area contributed by atoms with Crippen LogP contribution in [-0.4, -0.2) is 43.7 Å². The van der Waals surface area contributed by atoms with E-state index in [1.165, 1.54) is 18.4 Å². The van der Waals surface area contributed by atoms with Gasteiger partial charge in [0.25, 0.3) is 5.91 Å². The molecule has 5 nitrogen and oxygen atoms in total. The van der Waals surface area contributed by atoms with Crippen molar-refractivity contribution in [1.82, 2.24) is 10.2 Å². The van der Waals surface area contributed by atoms with E-state index in [1.807, 2.05) is 37.3 Å². The van der Waals surface area contributed by atoms with Crippen molar-refractivity contribution >= 4 is 5.91 Å². The molecule has 1 unspecified atom stereocenters. The van der Waals surface area contributed by atoms with Crippen LogP contribution in [0.1, 0.15) is 31.4 Å². The number of rotatable bonds is 9. The minimum atomic E-state index is -0.107. The number of amides is 1. The van der Waals surface area contributed by atoms with Crippen molar-refractivity contribution in [3.63, 3.8) is 0 Å². The van der Waals surface area contributed by atoms with E-state index >= 15 is 0 Å². The molecule has 0 aromatic heterocycles. The number of benzene rings is 2. The van der Waals surface area contributed by atoms with E-state index in [-0.39, 0.29) is 18.6 Å². The van der Waals surface area contributed by atoms with Gasteiger partial charge in [-0.2, -0.15) is 0 Å². The van der Waals surface area contributed by atoms with E-state index in [9.17, 15) is 4.79 Å². The van der Waals surface area contributed by atoms with Gasteiger partial charge in [0.2, 0.25) is 0 Å². The van der Waals surface area contributed by atoms with Crippen LogP contribution in [0.15, 0.2) is 54.6 Å². The Bertz CT molecular complexity index is 697. The Morgan fingerprint density at radius 2 is 1.63 bits per heavy atom. The predicted octanol–water partition coefficient (Wildman–Crippen LogP) is 3.42. The molecule has 1 aliphatic heterocycles. The first kappa shape index (κ1) is 19.2. The van der Waals surface area contributed by atoms with Gasteiger partial charge in [0, 0.05) is 6.54 Å². The zero-order valence-electron chi connectivity index (χ0n) is 15.9. The molecule has 1 saturated heterocycles. The molecular formula is C22H28N2O3. The lowest BCUT2D eigenvalue weighted by Crippen LogP contribution is -2.38. The molecule has 1 fully saturated rings. The number of carbonyl (C=O) groups excluding carboxylic acids is 1. The van der Waals surface area contributed by atoms with Crippen LogP contribution in [0, 0.1) is 0 Å². The fourth-order valence-electron chi connectivity index (χ4n) is 3.40. The summed E-state index contributed by atoms with van der Waals surface area (Å²) in [5, 5.41) is 3.03. The number of ether oxygens (including phenoxy) is 2. The molecule has 27 heavy (non-hydrogen) atoms. The summed E-state index contributed by atoms with van der Waals surface area (Å²) in [5.41, 5.74) is 1.24. The molecule has 1 N–H and O–H groups in total. The summed E-state index contributed by atoms with van der Waals surface area (Å²) in [4.78, 5) is 14.7. The van der Waals surface area contributed by atoms with Crippen LogP contribution in [0.5, 0.6) is 11.5 Å². The van der Waals surface area contributed by atoms with Crippen molar-refractivity contribution in [3.8, 4) is 11.5 Å². The Morgan fingerprint density at radius 3 is 2.26 bits per heavy atom. The summed E-state index contributed by atoms with van der Waals surface area (Å²) >= 11 is 0. The maximum Gasteiger partial charge on any atom is 0.258 e. The summed E-state index contributed by atoms with van der Waals surface area (Å²) in [6.45, 7) is 5.34. The number of nitrogens with zero attached hydrogens (tertiary/aromatic N) is 1. The Labute approximate surface area is 161 Å². The molecule has 2 aromatic carbocycles. The molecular weight excluding hydrogens is 340 g/mol. The third-order valence-electron chi connectivity index (χ3n) is 4.76. The largest absolute Gasteiger partial charge is 0.494 e. The summed E-state index contributed by atoms with van der Waals surface area (Å²) in [7, 11) is 0. The first-order valence-corrected chi connectivity index (χ1v) is 9.67. The molecule has 1 atom stereocenters. The van der Waals surface area contributed by atoms with E-state index < -0.39 is 0 Å². The molecule has 1 aliphatic rings. The molecule has 144 valence electrons. The Kier molecular flexibility index (Phi) is 7.11. The number of carbonyl (C=O) groups is 1. The first-order chi connectivity index (χ1) is 13.3. The highest BCUT2D eigenvalue weighted by Gasteiger charge is 2.23. The smallest absolute Gasteiger partial charge is 0.258 e. The molecule has 0 radical (unpaired) electrons. The molecule has 3 rings (SSSR count). The average molecular weight is 368 g/mol. The van der Waals surface area contributed by atoms with Gasteiger partial charge in [0.05, 0.1) is 12.6 Å². The van der Waals surface area contributed by atoms with Gasteiger partial charge in [0.15, 0.2) is 6.61 Å². The van der Waals surface area contributed by atoms with E-state index in [1.54, 1.807) is 0 Å². The zero-order chi connectivity index (χ0) is 18.9. The topological polar surface area (TPSA) is 50.8 Å². The van der Waals surface area contributed by atoms with Gasteiger partial charge in [-0.15, -0.1) is 0 Å². The van der Waals surface area contributed by atoms with E-state index in [0.717, 1.165) is 18.8 Å². The minimum absolute atomic E-state index is 0.00942. The van der Waals surface area contributed by atoms with E-state index in [4.69, 9.17) is 9.47 Å². The highest BCUT2D eigenvalue weighted by Crippen LogP contribution is 2.24. The molecule has 0 aliphatic carbocycles. The second-order valence-corrected chi connectivity index (χ2v) is 6.67. The van der Waals surface area contributed by atoms with Crippen LogP contribution >= 0.6 is 0 Å². The lowest BCUT2D eigenvalue weighted by Gasteiger charge is -2.28. The normalized spacial score (nSPS) is 15.3. The average Bonchev–Trinajstić information content (AvgIpc) is 3.23. The summed E-state index contributed by atoms with van der Waals surface area (Å²) in [5.74, 6) is 1.35. The van der Waals surface area contributed by atoms with Crippen LogP contribution in [0.25, 0.3) is 0 Å². The monoisotopic (exact) mass is 368 g/mol. The summed E-state index contributed by atoms with van der Waals surface area (Å²) < 4.78 is 11.0. The van der Waals surface area contributed by atoms with Crippen LogP contribution in [0.4, 0.5) is 0 Å². The van der Waals surface area contributed by atoms with Gasteiger partial charge < -0.3 is 14.8 Å². The zero-order valence-corrected chi connectivity index (χ0v) is 15.9. The van der Waals surface area contributed by atoms with Crippen molar-refractivity contribution in [1.29, 1.82) is 0 Å². The maximum atomic E-state index is 12.3. The fraction of sp³-hybridized carbons (Fsp3) is 0.409. The molecule has 1 heterocycles. The standard InChI is InChI=1S/C22H28N2O3/c1-2-26-19-10-12-20(13-11-19)27-17-22(25)23-16-21(24-14-6-7-15-24)18-8-4-3-5-9-18/h3-5,8-13,21H,2,6-7,14-17H2,1H3,(H,23,25). The van der Waals surface area contributed by atoms with E-state index in [2.05, 4.69) is 34.5 Å². The van der Waals surface area contributed by atoms with Gasteiger partial charge >= 0.3 is 0 Å².